The number of hydrogen-bond acceptors (Lipinski definition) is 7. The van der Waals surface area contributed by atoms with Crippen LogP contribution in [0.25, 0.3) is 66.0 Å². The summed E-state index contributed by atoms with van der Waals surface area (Å²) in [4.78, 5) is 4.59. The number of ether oxygens (including phenoxy) is 2. The highest BCUT2D eigenvalue weighted by atomic mass is 32.1. The second-order valence-electron chi connectivity index (χ2n) is 15.9. The molecular weight excluding hydrogens is 797 g/mol. The largest absolute Gasteiger partial charge is 0.453 e. The third-order valence-electron chi connectivity index (χ3n) is 12.5. The molecule has 0 aliphatic carbocycles. The topological polar surface area (TPSA) is 60.6 Å². The summed E-state index contributed by atoms with van der Waals surface area (Å²) >= 11 is 1.25. The minimum Gasteiger partial charge on any atom is -0.453 e. The molecule has 0 amide bonds. The third kappa shape index (κ3) is 4.90. The van der Waals surface area contributed by atoms with Gasteiger partial charge >= 0.3 is 0 Å². The Hall–Kier alpha value is -8.40. The van der Waals surface area contributed by atoms with Gasteiger partial charge in [-0.15, -0.1) is 0 Å². The van der Waals surface area contributed by atoms with E-state index in [1.54, 1.807) is 0 Å². The van der Waals surface area contributed by atoms with Crippen LogP contribution in [0, 0.1) is 0 Å². The average Bonchev–Trinajstić information content (AvgIpc) is 4.05. The smallest absolute Gasteiger partial charge is 0.151 e. The monoisotopic (exact) mass is 828 g/mol. The van der Waals surface area contributed by atoms with Gasteiger partial charge in [0.2, 0.25) is 0 Å². The molecule has 2 aliphatic heterocycles. The minimum atomic E-state index is 0.828. The van der Waals surface area contributed by atoms with Gasteiger partial charge in [0.05, 0.1) is 67.9 Å². The Morgan fingerprint density at radius 3 is 1.08 bits per heavy atom. The van der Waals surface area contributed by atoms with Crippen LogP contribution in [0.5, 0.6) is 23.0 Å². The van der Waals surface area contributed by atoms with Crippen LogP contribution in [0.4, 0.5) is 34.1 Å². The number of aromatic nitrogens is 4. The lowest BCUT2D eigenvalue weighted by atomic mass is 10.1. The molecule has 0 N–H and O–H groups in total. The van der Waals surface area contributed by atoms with Crippen LogP contribution in [0.3, 0.4) is 0 Å². The Labute approximate surface area is 364 Å². The molecule has 0 saturated carbocycles. The van der Waals surface area contributed by atoms with E-state index in [2.05, 4.69) is 165 Å². The molecule has 0 saturated heterocycles. The van der Waals surface area contributed by atoms with Crippen LogP contribution in [-0.2, 0) is 0 Å². The maximum Gasteiger partial charge on any atom is 0.151 e. The first-order valence-corrected chi connectivity index (χ1v) is 21.6. The molecule has 0 atom stereocenters. The van der Waals surface area contributed by atoms with Gasteiger partial charge in [0.1, 0.15) is 11.0 Å². The van der Waals surface area contributed by atoms with E-state index < -0.39 is 0 Å². The van der Waals surface area contributed by atoms with Gasteiger partial charge in [-0.25, -0.2) is 0 Å². The summed E-state index contributed by atoms with van der Waals surface area (Å²) in [5, 5.41) is 4.61. The Balaban J connectivity index is 0.939. The lowest BCUT2D eigenvalue weighted by Gasteiger charge is -2.32. The maximum atomic E-state index is 6.35. The average molecular weight is 829 g/mol. The number of nitrogens with zero attached hydrogens (tertiary/aromatic N) is 6. The first-order chi connectivity index (χ1) is 31.3. The Bertz CT molecular complexity index is 3530. The highest BCUT2D eigenvalue weighted by molar-refractivity contribution is 7.00. The first-order valence-electron chi connectivity index (χ1n) is 20.9. The molecule has 0 bridgehead atoms. The molecule has 3 aromatic heterocycles. The van der Waals surface area contributed by atoms with Crippen LogP contribution in [0.2, 0.25) is 0 Å². The molecule has 63 heavy (non-hydrogen) atoms. The highest BCUT2D eigenvalue weighted by Gasteiger charge is 2.29. The van der Waals surface area contributed by atoms with Crippen molar-refractivity contribution in [3.63, 3.8) is 0 Å². The summed E-state index contributed by atoms with van der Waals surface area (Å²) in [6.45, 7) is 0. The minimum absolute atomic E-state index is 0.828. The lowest BCUT2D eigenvalue weighted by Crippen LogP contribution is -2.15. The number of anilines is 6. The summed E-state index contributed by atoms with van der Waals surface area (Å²) in [5.74, 6) is 3.31. The van der Waals surface area contributed by atoms with E-state index in [4.69, 9.17) is 18.2 Å². The summed E-state index contributed by atoms with van der Waals surface area (Å²) in [7, 11) is 0. The van der Waals surface area contributed by atoms with Crippen molar-refractivity contribution in [2.75, 3.05) is 9.80 Å². The molecule has 14 rings (SSSR count). The first kappa shape index (κ1) is 34.3. The van der Waals surface area contributed by atoms with Gasteiger partial charge < -0.3 is 28.4 Å². The molecule has 2 aliphatic rings. The fourth-order valence-corrected chi connectivity index (χ4v) is 10.5. The van der Waals surface area contributed by atoms with Crippen LogP contribution < -0.4 is 19.3 Å². The van der Waals surface area contributed by atoms with E-state index in [1.165, 1.54) is 11.7 Å². The van der Waals surface area contributed by atoms with Gasteiger partial charge in [-0.2, -0.15) is 8.75 Å². The second-order valence-corrected chi connectivity index (χ2v) is 16.4. The molecule has 9 aromatic carbocycles. The molecule has 8 nitrogen and oxygen atoms in total. The standard InChI is InChI=1S/C54H32N6O2S/c1-3-15-39-35(13-1)37-31-33(57-43-17-5-9-21-49(43)61-50-22-10-6-18-44(50)57)25-27-41(37)59(39)47-29-30-48(54-53(47)55-63-56-54)60-40-16-4-2-14-36(40)38-32-34(26-28-42(38)60)58-45-19-7-11-23-51(45)62-52-24-12-8-20-46(52)58/h1-32H. The molecule has 0 unspecified atom stereocenters. The van der Waals surface area contributed by atoms with Crippen LogP contribution in [0.1, 0.15) is 0 Å². The van der Waals surface area contributed by atoms with E-state index in [0.29, 0.717) is 0 Å². The van der Waals surface area contributed by atoms with Crippen molar-refractivity contribution in [2.24, 2.45) is 0 Å². The fraction of sp³-hybridized carbons (Fsp3) is 0. The molecule has 296 valence electrons. The fourth-order valence-electron chi connectivity index (χ4n) is 9.89. The molecule has 0 fully saturated rings. The number of benzene rings is 9. The van der Waals surface area contributed by atoms with Crippen molar-refractivity contribution in [1.82, 2.24) is 17.9 Å². The Morgan fingerprint density at radius 2 is 0.667 bits per heavy atom. The zero-order valence-electron chi connectivity index (χ0n) is 33.4. The van der Waals surface area contributed by atoms with E-state index in [9.17, 15) is 0 Å². The molecule has 0 spiro atoms. The number of fused-ring (bicyclic) bond motifs is 11. The van der Waals surface area contributed by atoms with Crippen molar-refractivity contribution in [3.8, 4) is 34.4 Å². The van der Waals surface area contributed by atoms with Gasteiger partial charge in [0, 0.05) is 32.9 Å². The van der Waals surface area contributed by atoms with Crippen LogP contribution >= 0.6 is 11.7 Å². The molecular formula is C54H32N6O2S. The highest BCUT2D eigenvalue weighted by Crippen LogP contribution is 2.53. The van der Waals surface area contributed by atoms with Gasteiger partial charge in [-0.05, 0) is 109 Å². The predicted octanol–water partition coefficient (Wildman–Crippen LogP) is 15.0. The van der Waals surface area contributed by atoms with E-state index in [1.807, 2.05) is 48.5 Å². The normalized spacial score (nSPS) is 13.0. The summed E-state index contributed by atoms with van der Waals surface area (Å²) in [5.41, 5.74) is 14.2. The second kappa shape index (κ2) is 13.1. The predicted molar refractivity (Wildman–Crippen MR) is 256 cm³/mol. The van der Waals surface area contributed by atoms with Crippen molar-refractivity contribution in [3.05, 3.63) is 194 Å². The molecule has 9 heteroatoms. The Morgan fingerprint density at radius 1 is 0.317 bits per heavy atom. The van der Waals surface area contributed by atoms with Crippen molar-refractivity contribution in [2.45, 2.75) is 0 Å². The number of rotatable bonds is 4. The van der Waals surface area contributed by atoms with Crippen LogP contribution in [-0.4, -0.2) is 17.9 Å². The van der Waals surface area contributed by atoms with E-state index in [0.717, 1.165) is 123 Å². The van der Waals surface area contributed by atoms with Gasteiger partial charge in [0.25, 0.3) is 0 Å². The van der Waals surface area contributed by atoms with Crippen molar-refractivity contribution < 1.29 is 9.47 Å². The molecule has 5 heterocycles. The molecule has 0 radical (unpaired) electrons. The summed E-state index contributed by atoms with van der Waals surface area (Å²) < 4.78 is 27.5. The zero-order valence-corrected chi connectivity index (χ0v) is 34.2. The number of para-hydroxylation sites is 10. The molecule has 12 aromatic rings. The van der Waals surface area contributed by atoms with Crippen molar-refractivity contribution >= 4 is 100 Å². The number of hydrogen-bond donors (Lipinski definition) is 0. The summed E-state index contributed by atoms with van der Waals surface area (Å²) in [6, 6.07) is 68.1. The van der Waals surface area contributed by atoms with Gasteiger partial charge in [-0.3, -0.25) is 0 Å². The maximum absolute atomic E-state index is 6.35. The zero-order chi connectivity index (χ0) is 41.2. The third-order valence-corrected chi connectivity index (χ3v) is 13.1. The SMILES string of the molecule is c1ccc2c(c1)Oc1ccccc1N2c1ccc2c(c1)c1ccccc1n2-c1ccc(-n2c3ccccc3c3cc(N4c5ccccc5Oc5ccccc54)ccc32)c2nsnc12. The van der Waals surface area contributed by atoms with Gasteiger partial charge in [-0.1, -0.05) is 84.9 Å². The van der Waals surface area contributed by atoms with E-state index in [-0.39, 0.29) is 0 Å². The van der Waals surface area contributed by atoms with Gasteiger partial charge in [0.15, 0.2) is 23.0 Å². The quantitative estimate of drug-likeness (QED) is 0.176. The van der Waals surface area contributed by atoms with Crippen LogP contribution in [0.15, 0.2) is 194 Å². The summed E-state index contributed by atoms with van der Waals surface area (Å²) in [6.07, 6.45) is 0. The Kier molecular flexibility index (Phi) is 7.11. The van der Waals surface area contributed by atoms with Crippen molar-refractivity contribution in [1.29, 1.82) is 0 Å². The van der Waals surface area contributed by atoms with E-state index >= 15 is 0 Å². The lowest BCUT2D eigenvalue weighted by molar-refractivity contribution is 0.477.